The minimum atomic E-state index is -0.119. The molecule has 0 spiro atoms. The molecule has 0 bridgehead atoms. The molecule has 2 rings (SSSR count). The molecular formula is C15H19ClINO3. The third kappa shape index (κ3) is 3.81. The van der Waals surface area contributed by atoms with E-state index in [1.807, 2.05) is 0 Å². The standard InChI is InChI=1S/C15H19ClINO3/c1-21-14-9-13(17)12(16)8-11(14)15(20)18(6-7-19)10-4-2-3-5-10/h8-10,19H,2-7H2,1H3. The number of hydrogen-bond acceptors (Lipinski definition) is 3. The third-order valence-corrected chi connectivity index (χ3v) is 5.36. The van der Waals surface area contributed by atoms with Crippen LogP contribution in [0.1, 0.15) is 36.0 Å². The van der Waals surface area contributed by atoms with Crippen LogP contribution in [0.5, 0.6) is 5.75 Å². The topological polar surface area (TPSA) is 49.8 Å². The molecule has 4 nitrogen and oxygen atoms in total. The van der Waals surface area contributed by atoms with E-state index in [-0.39, 0.29) is 18.6 Å². The molecule has 0 aromatic heterocycles. The Labute approximate surface area is 143 Å². The zero-order valence-electron chi connectivity index (χ0n) is 11.9. The maximum absolute atomic E-state index is 12.8. The molecule has 1 saturated carbocycles. The van der Waals surface area contributed by atoms with Crippen molar-refractivity contribution in [2.75, 3.05) is 20.3 Å². The number of rotatable bonds is 5. The van der Waals surface area contributed by atoms with Gasteiger partial charge in [0.2, 0.25) is 0 Å². The fraction of sp³-hybridized carbons (Fsp3) is 0.533. The monoisotopic (exact) mass is 423 g/mol. The van der Waals surface area contributed by atoms with E-state index in [4.69, 9.17) is 16.3 Å². The summed E-state index contributed by atoms with van der Waals surface area (Å²) in [5.74, 6) is 0.404. The van der Waals surface area contributed by atoms with Crippen LogP contribution in [0.25, 0.3) is 0 Å². The van der Waals surface area contributed by atoms with Gasteiger partial charge in [-0.15, -0.1) is 0 Å². The van der Waals surface area contributed by atoms with Gasteiger partial charge in [-0.3, -0.25) is 4.79 Å². The van der Waals surface area contributed by atoms with E-state index in [9.17, 15) is 9.90 Å². The summed E-state index contributed by atoms with van der Waals surface area (Å²) in [6.45, 7) is 0.304. The summed E-state index contributed by atoms with van der Waals surface area (Å²) in [7, 11) is 1.54. The number of aliphatic hydroxyl groups excluding tert-OH is 1. The molecule has 1 fully saturated rings. The van der Waals surface area contributed by atoms with Crippen LogP contribution in [-0.4, -0.2) is 42.2 Å². The van der Waals surface area contributed by atoms with Crippen molar-refractivity contribution in [3.63, 3.8) is 0 Å². The van der Waals surface area contributed by atoms with Gasteiger partial charge in [0.25, 0.3) is 5.91 Å². The maximum Gasteiger partial charge on any atom is 0.258 e. The molecule has 0 atom stereocenters. The molecule has 6 heteroatoms. The van der Waals surface area contributed by atoms with Crippen molar-refractivity contribution in [2.45, 2.75) is 31.7 Å². The number of halogens is 2. The number of aliphatic hydroxyl groups is 1. The van der Waals surface area contributed by atoms with Crippen LogP contribution in [0, 0.1) is 3.57 Å². The van der Waals surface area contributed by atoms with E-state index in [1.54, 1.807) is 24.1 Å². The average Bonchev–Trinajstić information content (AvgIpc) is 3.00. The van der Waals surface area contributed by atoms with Crippen molar-refractivity contribution in [1.29, 1.82) is 0 Å². The number of carbonyl (C=O) groups is 1. The summed E-state index contributed by atoms with van der Waals surface area (Å²) in [5.41, 5.74) is 0.461. The summed E-state index contributed by atoms with van der Waals surface area (Å²) < 4.78 is 6.16. The molecule has 1 aliphatic carbocycles. The van der Waals surface area contributed by atoms with E-state index >= 15 is 0 Å². The molecule has 1 aromatic carbocycles. The Hall–Kier alpha value is -0.530. The van der Waals surface area contributed by atoms with Crippen LogP contribution >= 0.6 is 34.2 Å². The lowest BCUT2D eigenvalue weighted by molar-refractivity contribution is 0.0634. The first-order chi connectivity index (χ1) is 10.1. The quantitative estimate of drug-likeness (QED) is 0.739. The van der Waals surface area contributed by atoms with E-state index in [1.165, 1.54) is 0 Å². The Morgan fingerprint density at radius 1 is 1.48 bits per heavy atom. The van der Waals surface area contributed by atoms with E-state index in [2.05, 4.69) is 22.6 Å². The first-order valence-corrected chi connectivity index (χ1v) is 8.49. The number of carbonyl (C=O) groups excluding carboxylic acids is 1. The highest BCUT2D eigenvalue weighted by atomic mass is 127. The van der Waals surface area contributed by atoms with Gasteiger partial charge >= 0.3 is 0 Å². The van der Waals surface area contributed by atoms with Crippen molar-refractivity contribution < 1.29 is 14.6 Å². The largest absolute Gasteiger partial charge is 0.496 e. The number of benzene rings is 1. The highest BCUT2D eigenvalue weighted by Gasteiger charge is 2.29. The second-order valence-electron chi connectivity index (χ2n) is 5.13. The van der Waals surface area contributed by atoms with Crippen LogP contribution < -0.4 is 4.74 Å². The van der Waals surface area contributed by atoms with E-state index in [0.29, 0.717) is 22.9 Å². The number of nitrogens with zero attached hydrogens (tertiary/aromatic N) is 1. The third-order valence-electron chi connectivity index (χ3n) is 3.84. The summed E-state index contributed by atoms with van der Waals surface area (Å²) in [6.07, 6.45) is 4.24. The van der Waals surface area contributed by atoms with Crippen LogP contribution in [-0.2, 0) is 0 Å². The number of hydrogen-bond donors (Lipinski definition) is 1. The van der Waals surface area contributed by atoms with Crippen molar-refractivity contribution in [1.82, 2.24) is 4.90 Å². The molecule has 116 valence electrons. The zero-order valence-corrected chi connectivity index (χ0v) is 14.9. The van der Waals surface area contributed by atoms with Crippen molar-refractivity contribution in [2.24, 2.45) is 0 Å². The molecule has 1 N–H and O–H groups in total. The Bertz CT molecular complexity index is 518. The van der Waals surface area contributed by atoms with Crippen molar-refractivity contribution in [3.05, 3.63) is 26.3 Å². The number of amides is 1. The summed E-state index contributed by atoms with van der Waals surface area (Å²) >= 11 is 8.25. The highest BCUT2D eigenvalue weighted by molar-refractivity contribution is 14.1. The molecule has 0 unspecified atom stereocenters. The molecular weight excluding hydrogens is 405 g/mol. The van der Waals surface area contributed by atoms with Gasteiger partial charge in [0.05, 0.1) is 24.3 Å². The predicted octanol–water partition coefficient (Wildman–Crippen LogP) is 3.33. The van der Waals surface area contributed by atoms with Gasteiger partial charge in [0, 0.05) is 16.2 Å². The molecule has 21 heavy (non-hydrogen) atoms. The first kappa shape index (κ1) is 16.8. The van der Waals surface area contributed by atoms with E-state index < -0.39 is 0 Å². The fourth-order valence-electron chi connectivity index (χ4n) is 2.79. The lowest BCUT2D eigenvalue weighted by Crippen LogP contribution is -2.40. The average molecular weight is 424 g/mol. The van der Waals surface area contributed by atoms with Gasteiger partial charge in [-0.25, -0.2) is 0 Å². The van der Waals surface area contributed by atoms with Gasteiger partial charge in [-0.05, 0) is 47.6 Å². The first-order valence-electron chi connectivity index (χ1n) is 7.03. The fourth-order valence-corrected chi connectivity index (χ4v) is 3.40. The van der Waals surface area contributed by atoms with Crippen LogP contribution in [0.15, 0.2) is 12.1 Å². The van der Waals surface area contributed by atoms with Crippen molar-refractivity contribution >= 4 is 40.1 Å². The van der Waals surface area contributed by atoms with Crippen LogP contribution in [0.2, 0.25) is 5.02 Å². The number of ether oxygens (including phenoxy) is 1. The Kier molecular flexibility index (Phi) is 6.13. The summed E-state index contributed by atoms with van der Waals surface area (Å²) in [6, 6.07) is 3.62. The Morgan fingerprint density at radius 3 is 2.71 bits per heavy atom. The molecule has 0 saturated heterocycles. The zero-order chi connectivity index (χ0) is 15.4. The maximum atomic E-state index is 12.8. The van der Waals surface area contributed by atoms with Gasteiger partial charge in [0.1, 0.15) is 5.75 Å². The van der Waals surface area contributed by atoms with Gasteiger partial charge in [-0.1, -0.05) is 24.4 Å². The molecule has 1 amide bonds. The minimum absolute atomic E-state index is 0.0390. The summed E-state index contributed by atoms with van der Waals surface area (Å²) in [4.78, 5) is 14.6. The molecule has 0 radical (unpaired) electrons. The minimum Gasteiger partial charge on any atom is -0.496 e. The van der Waals surface area contributed by atoms with Gasteiger partial charge in [0.15, 0.2) is 0 Å². The summed E-state index contributed by atoms with van der Waals surface area (Å²) in [5, 5.41) is 9.80. The van der Waals surface area contributed by atoms with Crippen molar-refractivity contribution in [3.8, 4) is 5.75 Å². The van der Waals surface area contributed by atoms with E-state index in [0.717, 1.165) is 29.3 Å². The Morgan fingerprint density at radius 2 is 2.14 bits per heavy atom. The van der Waals surface area contributed by atoms with Crippen LogP contribution in [0.4, 0.5) is 0 Å². The lowest BCUT2D eigenvalue weighted by Gasteiger charge is -2.29. The SMILES string of the molecule is COc1cc(I)c(Cl)cc1C(=O)N(CCO)C1CCCC1. The number of methoxy groups -OCH3 is 1. The lowest BCUT2D eigenvalue weighted by atomic mass is 10.1. The second-order valence-corrected chi connectivity index (χ2v) is 6.70. The van der Waals surface area contributed by atoms with Crippen LogP contribution in [0.3, 0.4) is 0 Å². The highest BCUT2D eigenvalue weighted by Crippen LogP contribution is 2.31. The van der Waals surface area contributed by atoms with Gasteiger partial charge < -0.3 is 14.7 Å². The molecule has 1 aliphatic rings. The predicted molar refractivity (Wildman–Crippen MR) is 91.1 cm³/mol. The molecule has 0 heterocycles. The second kappa shape index (κ2) is 7.65. The van der Waals surface area contributed by atoms with Gasteiger partial charge in [-0.2, -0.15) is 0 Å². The normalized spacial score (nSPS) is 15.2. The smallest absolute Gasteiger partial charge is 0.258 e. The Balaban J connectivity index is 2.33. The molecule has 0 aliphatic heterocycles. The molecule has 1 aromatic rings.